The second-order valence-electron chi connectivity index (χ2n) is 6.14. The highest BCUT2D eigenvalue weighted by atomic mass is 32.2. The van der Waals surface area contributed by atoms with Crippen LogP contribution in [0.25, 0.3) is 0 Å². The van der Waals surface area contributed by atoms with Gasteiger partial charge in [-0.1, -0.05) is 32.5 Å². The molecule has 5 heteroatoms. The number of aliphatic imine (C=N–C) groups is 1. The molecule has 2 fully saturated rings. The number of piperidine rings is 1. The van der Waals surface area contributed by atoms with E-state index in [4.69, 9.17) is 0 Å². The molecule has 18 heavy (non-hydrogen) atoms. The molecule has 0 aromatic heterocycles. The van der Waals surface area contributed by atoms with E-state index < -0.39 is 5.41 Å². The minimum absolute atomic E-state index is 0.0341. The molecule has 98 valence electrons. The molecular formula is C13H18N2O2S. The standard InChI is InChI=1S/C13H18N2O2S/c1-12(2)8-4-5-13(12,3)10(17)15(9(8)16)11-14-6-7-18-11/h8H,4-7H2,1-3H3. The van der Waals surface area contributed by atoms with Crippen LogP contribution in [0.3, 0.4) is 0 Å². The van der Waals surface area contributed by atoms with Crippen LogP contribution in [-0.4, -0.2) is 34.2 Å². The highest BCUT2D eigenvalue weighted by Crippen LogP contribution is 2.60. The zero-order chi connectivity index (χ0) is 13.1. The molecule has 1 saturated carbocycles. The molecule has 2 atom stereocenters. The maximum absolute atomic E-state index is 12.7. The number of imide groups is 1. The Bertz CT molecular complexity index is 472. The van der Waals surface area contributed by atoms with E-state index >= 15 is 0 Å². The number of thioether (sulfide) groups is 1. The van der Waals surface area contributed by atoms with Crippen molar-refractivity contribution in [1.82, 2.24) is 4.90 Å². The summed E-state index contributed by atoms with van der Waals surface area (Å²) in [6.07, 6.45) is 1.63. The van der Waals surface area contributed by atoms with Crippen LogP contribution in [0.4, 0.5) is 0 Å². The Morgan fingerprint density at radius 3 is 2.67 bits per heavy atom. The van der Waals surface area contributed by atoms with Crippen molar-refractivity contribution in [1.29, 1.82) is 0 Å². The van der Waals surface area contributed by atoms with Crippen molar-refractivity contribution >= 4 is 28.7 Å². The molecule has 2 unspecified atom stereocenters. The second-order valence-corrected chi connectivity index (χ2v) is 7.20. The maximum Gasteiger partial charge on any atom is 0.241 e. The monoisotopic (exact) mass is 266 g/mol. The highest BCUT2D eigenvalue weighted by Gasteiger charge is 2.65. The van der Waals surface area contributed by atoms with Crippen LogP contribution in [0.1, 0.15) is 33.6 Å². The Morgan fingerprint density at radius 1 is 1.33 bits per heavy atom. The molecule has 2 bridgehead atoms. The number of likely N-dealkylation sites (tertiary alicyclic amines) is 1. The van der Waals surface area contributed by atoms with E-state index in [9.17, 15) is 9.59 Å². The molecule has 2 amide bonds. The molecule has 4 nitrogen and oxygen atoms in total. The van der Waals surface area contributed by atoms with Gasteiger partial charge < -0.3 is 0 Å². The fourth-order valence-corrected chi connectivity index (χ4v) is 4.31. The van der Waals surface area contributed by atoms with Crippen molar-refractivity contribution < 1.29 is 9.59 Å². The van der Waals surface area contributed by atoms with Gasteiger partial charge >= 0.3 is 0 Å². The van der Waals surface area contributed by atoms with E-state index in [2.05, 4.69) is 18.8 Å². The molecule has 0 radical (unpaired) electrons. The lowest BCUT2D eigenvalue weighted by molar-refractivity contribution is -0.161. The number of amidine groups is 1. The van der Waals surface area contributed by atoms with Crippen molar-refractivity contribution in [3.8, 4) is 0 Å². The number of carbonyl (C=O) groups excluding carboxylic acids is 2. The Kier molecular flexibility index (Phi) is 2.44. The van der Waals surface area contributed by atoms with Crippen LogP contribution in [0.15, 0.2) is 4.99 Å². The second kappa shape index (κ2) is 3.59. The van der Waals surface area contributed by atoms with Gasteiger partial charge in [-0.3, -0.25) is 14.6 Å². The summed E-state index contributed by atoms with van der Waals surface area (Å²) in [5, 5.41) is 0.624. The molecule has 3 aliphatic rings. The minimum Gasteiger partial charge on any atom is -0.274 e. The van der Waals surface area contributed by atoms with Crippen LogP contribution in [0.5, 0.6) is 0 Å². The number of fused-ring (bicyclic) bond motifs is 2. The molecule has 1 saturated heterocycles. The lowest BCUT2D eigenvalue weighted by Gasteiger charge is -2.47. The Labute approximate surface area is 111 Å². The molecule has 1 aliphatic carbocycles. The molecular weight excluding hydrogens is 248 g/mol. The van der Waals surface area contributed by atoms with Gasteiger partial charge in [-0.25, -0.2) is 4.90 Å². The average Bonchev–Trinajstić information content (AvgIpc) is 2.85. The predicted molar refractivity (Wildman–Crippen MR) is 71.2 cm³/mol. The summed E-state index contributed by atoms with van der Waals surface area (Å²) in [5.74, 6) is 0.758. The van der Waals surface area contributed by atoms with Crippen LogP contribution >= 0.6 is 11.8 Å². The van der Waals surface area contributed by atoms with E-state index in [0.29, 0.717) is 11.7 Å². The molecule has 0 N–H and O–H groups in total. The highest BCUT2D eigenvalue weighted by molar-refractivity contribution is 8.14. The molecule has 0 spiro atoms. The van der Waals surface area contributed by atoms with Gasteiger partial charge in [0.1, 0.15) is 0 Å². The third-order valence-corrected chi connectivity index (χ3v) is 6.14. The molecule has 0 aromatic carbocycles. The fraction of sp³-hybridized carbons (Fsp3) is 0.769. The third kappa shape index (κ3) is 1.26. The number of amides is 2. The summed E-state index contributed by atoms with van der Waals surface area (Å²) in [6, 6.07) is 0. The van der Waals surface area contributed by atoms with Gasteiger partial charge in [-0.15, -0.1) is 0 Å². The van der Waals surface area contributed by atoms with Crippen molar-refractivity contribution in [2.45, 2.75) is 33.6 Å². The van der Waals surface area contributed by atoms with E-state index in [1.165, 1.54) is 16.7 Å². The van der Waals surface area contributed by atoms with Gasteiger partial charge in [0.25, 0.3) is 0 Å². The first-order valence-electron chi connectivity index (χ1n) is 6.45. The first kappa shape index (κ1) is 12.2. The van der Waals surface area contributed by atoms with Crippen molar-refractivity contribution in [3.05, 3.63) is 0 Å². The molecule has 2 heterocycles. The van der Waals surface area contributed by atoms with Gasteiger partial charge in [-0.2, -0.15) is 0 Å². The van der Waals surface area contributed by atoms with E-state index in [-0.39, 0.29) is 23.1 Å². The minimum atomic E-state index is -0.419. The van der Waals surface area contributed by atoms with Crippen LogP contribution < -0.4 is 0 Å². The first-order valence-corrected chi connectivity index (χ1v) is 7.44. The topological polar surface area (TPSA) is 49.7 Å². The Morgan fingerprint density at radius 2 is 2.06 bits per heavy atom. The van der Waals surface area contributed by atoms with Crippen molar-refractivity contribution in [2.24, 2.45) is 21.7 Å². The van der Waals surface area contributed by atoms with E-state index in [1.807, 2.05) is 6.92 Å². The van der Waals surface area contributed by atoms with E-state index in [1.54, 1.807) is 0 Å². The van der Waals surface area contributed by atoms with E-state index in [0.717, 1.165) is 18.6 Å². The molecule has 3 rings (SSSR count). The van der Waals surface area contributed by atoms with Gasteiger partial charge in [0.2, 0.25) is 11.8 Å². The van der Waals surface area contributed by atoms with Crippen molar-refractivity contribution in [2.75, 3.05) is 12.3 Å². The average molecular weight is 266 g/mol. The number of hydrogen-bond acceptors (Lipinski definition) is 4. The molecule has 2 aliphatic heterocycles. The lowest BCUT2D eigenvalue weighted by Crippen LogP contribution is -2.60. The number of rotatable bonds is 0. The maximum atomic E-state index is 12.7. The van der Waals surface area contributed by atoms with Gasteiger partial charge in [0.05, 0.1) is 12.0 Å². The van der Waals surface area contributed by atoms with Crippen molar-refractivity contribution in [3.63, 3.8) is 0 Å². The Balaban J connectivity index is 2.06. The molecule has 0 aromatic rings. The summed E-state index contributed by atoms with van der Waals surface area (Å²) >= 11 is 1.52. The van der Waals surface area contributed by atoms with Crippen LogP contribution in [-0.2, 0) is 9.59 Å². The summed E-state index contributed by atoms with van der Waals surface area (Å²) in [7, 11) is 0. The predicted octanol–water partition coefficient (Wildman–Crippen LogP) is 1.90. The Hall–Kier alpha value is -0.840. The number of nitrogens with zero attached hydrogens (tertiary/aromatic N) is 2. The third-order valence-electron chi connectivity index (χ3n) is 5.18. The summed E-state index contributed by atoms with van der Waals surface area (Å²) in [4.78, 5) is 31.0. The summed E-state index contributed by atoms with van der Waals surface area (Å²) < 4.78 is 0. The number of carbonyl (C=O) groups is 2. The number of hydrogen-bond donors (Lipinski definition) is 0. The summed E-state index contributed by atoms with van der Waals surface area (Å²) in [5.41, 5.74) is -0.654. The van der Waals surface area contributed by atoms with Crippen LogP contribution in [0, 0.1) is 16.7 Å². The quantitative estimate of drug-likeness (QED) is 0.629. The largest absolute Gasteiger partial charge is 0.274 e. The van der Waals surface area contributed by atoms with Gasteiger partial charge in [0, 0.05) is 11.7 Å². The fourth-order valence-electron chi connectivity index (χ4n) is 3.46. The van der Waals surface area contributed by atoms with Gasteiger partial charge in [-0.05, 0) is 18.3 Å². The normalized spacial score (nSPS) is 38.3. The SMILES string of the molecule is CC12CCC(C(=O)N(C3=NCCS3)C1=O)C2(C)C. The van der Waals surface area contributed by atoms with Gasteiger partial charge in [0.15, 0.2) is 5.17 Å². The zero-order valence-electron chi connectivity index (χ0n) is 11.0. The first-order chi connectivity index (χ1) is 8.39. The summed E-state index contributed by atoms with van der Waals surface area (Å²) in [6.45, 7) is 6.83. The van der Waals surface area contributed by atoms with Crippen LogP contribution in [0.2, 0.25) is 0 Å². The lowest BCUT2D eigenvalue weighted by atomic mass is 9.62. The smallest absolute Gasteiger partial charge is 0.241 e. The zero-order valence-corrected chi connectivity index (χ0v) is 11.8.